The van der Waals surface area contributed by atoms with Gasteiger partial charge in [-0.1, -0.05) is 12.1 Å². The molecule has 4 aromatic rings. The maximum atomic E-state index is 12.1. The van der Waals surface area contributed by atoms with Gasteiger partial charge >= 0.3 is 186 Å². The summed E-state index contributed by atoms with van der Waals surface area (Å²) >= 11 is 0.106. The summed E-state index contributed by atoms with van der Waals surface area (Å²) in [6.45, 7) is 6.01. The molecule has 4 fully saturated rings. The van der Waals surface area contributed by atoms with Gasteiger partial charge in [0, 0.05) is 18.7 Å². The Morgan fingerprint density at radius 3 is 2.20 bits per heavy atom. The molecule has 0 bridgehead atoms. The van der Waals surface area contributed by atoms with Crippen molar-refractivity contribution in [3.63, 3.8) is 0 Å². The molecule has 3 heterocycles. The molecule has 6 nitrogen and oxygen atoms in total. The number of nitrogens with one attached hydrogen (secondary N) is 2. The maximum absolute atomic E-state index is 12.1. The first kappa shape index (κ1) is 36.9. The van der Waals surface area contributed by atoms with Crippen LogP contribution in [0.25, 0.3) is 0 Å². The Hall–Kier alpha value is -3.69. The number of amides is 2. The van der Waals surface area contributed by atoms with E-state index in [2.05, 4.69) is 122 Å². The standard InChI is InChI=1S/C48H56IN4O2/c1-49-39-12-18-43-38(29-39)11-17-42(36-5-3-2-4-6-36)46(43)37-9-15-41(16-10-37)53-27-23-48(24-28-53)30-33(31-48)32-52-25-21-35(22-26-52)34-7-13-40(14-8-34)50-44-19-20-45(54)51-47(44)55/h2-10,12-16,18,29,33,35,42,44,46,50H,11,17,19-28,30-32H2,1H3,(H,51,54,55)/q-1. The molecule has 55 heavy (non-hydrogen) atoms. The molecule has 3 aliphatic heterocycles. The topological polar surface area (TPSA) is 64.7 Å². The summed E-state index contributed by atoms with van der Waals surface area (Å²) in [6, 6.07) is 36.7. The van der Waals surface area contributed by atoms with Crippen molar-refractivity contribution in [2.24, 2.45) is 11.3 Å². The van der Waals surface area contributed by atoms with Crippen LogP contribution in [0.15, 0.2) is 97.1 Å². The fourth-order valence-corrected chi connectivity index (χ4v) is 12.1. The van der Waals surface area contributed by atoms with Crippen LogP contribution >= 0.6 is 0 Å². The SMILES string of the molecule is C[I-]c1ccc2c(c1)CCC(c1ccccc1)C2c1ccc(N2CCC3(CC2)CC(CN2CCC(c4ccc(NC5CCC(=O)NC5=O)cc4)CC2)C3)cc1. The van der Waals surface area contributed by atoms with Gasteiger partial charge in [-0.3, -0.25) is 14.9 Å². The number of hydrogen-bond acceptors (Lipinski definition) is 5. The molecule has 0 aromatic heterocycles. The normalized spacial score (nSPS) is 24.7. The van der Waals surface area contributed by atoms with Crippen LogP contribution in [0, 0.1) is 14.9 Å². The van der Waals surface area contributed by atoms with Gasteiger partial charge in [0.25, 0.3) is 0 Å². The summed E-state index contributed by atoms with van der Waals surface area (Å²) in [5.74, 6) is 1.99. The molecular formula is C48H56IN4O2-. The summed E-state index contributed by atoms with van der Waals surface area (Å²) in [7, 11) is 0. The molecule has 3 atom stereocenters. The summed E-state index contributed by atoms with van der Waals surface area (Å²) in [6.07, 6.45) is 11.2. The molecule has 2 N–H and O–H groups in total. The van der Waals surface area contributed by atoms with Crippen LogP contribution in [0.1, 0.15) is 103 Å². The molecular weight excluding hydrogens is 791 g/mol. The van der Waals surface area contributed by atoms with Crippen LogP contribution < -0.4 is 36.7 Å². The van der Waals surface area contributed by atoms with E-state index in [1.54, 1.807) is 14.7 Å². The number of aryl methyl sites for hydroxylation is 1. The van der Waals surface area contributed by atoms with E-state index >= 15 is 0 Å². The Morgan fingerprint density at radius 1 is 0.764 bits per heavy atom. The molecule has 3 saturated heterocycles. The van der Waals surface area contributed by atoms with E-state index in [1.165, 1.54) is 106 Å². The van der Waals surface area contributed by atoms with Crippen molar-refractivity contribution in [1.29, 1.82) is 0 Å². The van der Waals surface area contributed by atoms with Crippen molar-refractivity contribution >= 4 is 23.2 Å². The van der Waals surface area contributed by atoms with Crippen molar-refractivity contribution in [2.75, 3.05) is 47.9 Å². The van der Waals surface area contributed by atoms with Crippen LogP contribution in [0.4, 0.5) is 11.4 Å². The van der Waals surface area contributed by atoms with E-state index in [0.717, 1.165) is 11.6 Å². The minimum atomic E-state index is -0.336. The fourth-order valence-electron chi connectivity index (χ4n) is 10.9. The summed E-state index contributed by atoms with van der Waals surface area (Å²) < 4.78 is 1.56. The van der Waals surface area contributed by atoms with Gasteiger partial charge in [0.2, 0.25) is 11.8 Å². The molecule has 1 saturated carbocycles. The number of imide groups is 1. The van der Waals surface area contributed by atoms with Crippen molar-refractivity contribution < 1.29 is 30.8 Å². The van der Waals surface area contributed by atoms with Crippen molar-refractivity contribution in [1.82, 2.24) is 10.2 Å². The van der Waals surface area contributed by atoms with Gasteiger partial charge in [-0.15, -0.1) is 0 Å². The Balaban J connectivity index is 0.748. The predicted molar refractivity (Wildman–Crippen MR) is 218 cm³/mol. The third-order valence-electron chi connectivity index (χ3n) is 14.0. The Labute approximate surface area is 338 Å². The number of alkyl halides is 1. The van der Waals surface area contributed by atoms with E-state index in [-0.39, 0.29) is 39.1 Å². The number of carbonyl (C=O) groups excluding carboxylic acids is 2. The molecule has 1 spiro atoms. The molecule has 2 aliphatic carbocycles. The Morgan fingerprint density at radius 2 is 1.49 bits per heavy atom. The monoisotopic (exact) mass is 847 g/mol. The van der Waals surface area contributed by atoms with E-state index in [9.17, 15) is 9.59 Å². The van der Waals surface area contributed by atoms with E-state index < -0.39 is 0 Å². The second-order valence-electron chi connectivity index (χ2n) is 17.3. The summed E-state index contributed by atoms with van der Waals surface area (Å²) in [5, 5.41) is 5.74. The quantitative estimate of drug-likeness (QED) is 0.132. The first-order chi connectivity index (χ1) is 26.9. The van der Waals surface area contributed by atoms with Gasteiger partial charge in [0.1, 0.15) is 6.04 Å². The fraction of sp³-hybridized carbons (Fsp3) is 0.458. The summed E-state index contributed by atoms with van der Waals surface area (Å²) in [5.41, 5.74) is 10.4. The first-order valence-electron chi connectivity index (χ1n) is 20.9. The van der Waals surface area contributed by atoms with E-state index in [0.29, 0.717) is 36.0 Å². The number of carbonyl (C=O) groups is 2. The van der Waals surface area contributed by atoms with Gasteiger partial charge in [-0.05, 0) is 80.1 Å². The molecule has 5 aliphatic rings. The third-order valence-corrected chi connectivity index (χ3v) is 15.9. The van der Waals surface area contributed by atoms with E-state index in [1.807, 2.05) is 0 Å². The molecule has 4 aromatic carbocycles. The predicted octanol–water partition coefficient (Wildman–Crippen LogP) is 5.53. The van der Waals surface area contributed by atoms with Gasteiger partial charge in [0.05, 0.1) is 0 Å². The number of rotatable bonds is 9. The molecule has 2 amide bonds. The number of fused-ring (bicyclic) bond motifs is 1. The van der Waals surface area contributed by atoms with Crippen molar-refractivity contribution in [3.05, 3.63) is 128 Å². The Bertz CT molecular complexity index is 1960. The van der Waals surface area contributed by atoms with Crippen LogP contribution in [0.2, 0.25) is 0 Å². The number of piperidine rings is 3. The zero-order valence-electron chi connectivity index (χ0n) is 32.3. The van der Waals surface area contributed by atoms with Crippen molar-refractivity contribution in [2.45, 2.75) is 88.0 Å². The first-order valence-corrected chi connectivity index (χ1v) is 24.1. The number of likely N-dealkylation sites (tertiary alicyclic amines) is 1. The second-order valence-corrected chi connectivity index (χ2v) is 19.6. The average Bonchev–Trinajstić information content (AvgIpc) is 3.22. The number of halogens is 1. The zero-order chi connectivity index (χ0) is 37.4. The van der Waals surface area contributed by atoms with Crippen LogP contribution in [-0.2, 0) is 16.0 Å². The number of hydrogen-bond donors (Lipinski definition) is 2. The molecule has 288 valence electrons. The van der Waals surface area contributed by atoms with Gasteiger partial charge < -0.3 is 10.2 Å². The Kier molecular flexibility index (Phi) is 10.8. The van der Waals surface area contributed by atoms with Gasteiger partial charge in [-0.25, -0.2) is 0 Å². The minimum absolute atomic E-state index is 0.106. The van der Waals surface area contributed by atoms with Gasteiger partial charge in [-0.2, -0.15) is 0 Å². The number of nitrogens with zero attached hydrogens (tertiary/aromatic N) is 2. The third kappa shape index (κ3) is 7.98. The van der Waals surface area contributed by atoms with Crippen LogP contribution in [-0.4, -0.2) is 60.4 Å². The molecule has 7 heteroatoms. The van der Waals surface area contributed by atoms with Crippen LogP contribution in [0.3, 0.4) is 0 Å². The zero-order valence-corrected chi connectivity index (χ0v) is 34.5. The molecule has 0 radical (unpaired) electrons. The second kappa shape index (κ2) is 16.0. The average molecular weight is 848 g/mol. The molecule has 9 rings (SSSR count). The van der Waals surface area contributed by atoms with Crippen molar-refractivity contribution in [3.8, 4) is 0 Å². The van der Waals surface area contributed by atoms with Gasteiger partial charge in [0.15, 0.2) is 0 Å². The van der Waals surface area contributed by atoms with E-state index in [4.69, 9.17) is 0 Å². The summed E-state index contributed by atoms with van der Waals surface area (Å²) in [4.78, 5) is 31.4. The molecule has 3 unspecified atom stereocenters. The van der Waals surface area contributed by atoms with Crippen LogP contribution in [0.5, 0.6) is 0 Å². The number of benzene rings is 4. The number of anilines is 2.